The molecule has 344 valence electrons. The SMILES string of the molecule is COC(=O)NC(C(=O)N1CCCC1c1ncc(-c2ccc3c(c2)OC(c2ccc(Cl)cc2)c2c-3[nH]c3ccc(-c4cnc(C5CCCN5C(=O)C(NC(=O)OC)C(C)C)[nH]4)cc23)[nH]1)C(C)C. The van der Waals surface area contributed by atoms with E-state index in [0.717, 1.165) is 81.5 Å². The molecule has 16 nitrogen and oxygen atoms in total. The van der Waals surface area contributed by atoms with E-state index in [0.29, 0.717) is 35.5 Å². The van der Waals surface area contributed by atoms with Gasteiger partial charge in [-0.15, -0.1) is 0 Å². The van der Waals surface area contributed by atoms with E-state index in [2.05, 4.69) is 43.8 Å². The molecular weight excluding hydrogens is 862 g/mol. The number of halogens is 1. The van der Waals surface area contributed by atoms with Crippen LogP contribution in [0.15, 0.2) is 73.1 Å². The van der Waals surface area contributed by atoms with Gasteiger partial charge in [0.2, 0.25) is 11.8 Å². The van der Waals surface area contributed by atoms with E-state index in [1.807, 2.05) is 70.2 Å². The maximum Gasteiger partial charge on any atom is 0.407 e. The molecule has 0 radical (unpaired) electrons. The molecule has 3 aliphatic heterocycles. The average Bonchev–Trinajstić information content (AvgIpc) is 4.18. The Hall–Kier alpha value is -6.81. The van der Waals surface area contributed by atoms with Crippen molar-refractivity contribution in [2.24, 2.45) is 11.8 Å². The normalized spacial score (nSPS) is 18.8. The number of carbonyl (C=O) groups is 4. The van der Waals surface area contributed by atoms with E-state index < -0.39 is 30.4 Å². The van der Waals surface area contributed by atoms with Crippen LogP contribution in [0.4, 0.5) is 9.59 Å². The molecule has 3 aromatic carbocycles. The number of likely N-dealkylation sites (tertiary alicyclic amines) is 2. The fraction of sp³-hybridized carbons (Fsp3) is 0.388. The Labute approximate surface area is 387 Å². The number of benzene rings is 3. The Morgan fingerprint density at radius 3 is 1.79 bits per heavy atom. The molecule has 17 heteroatoms. The van der Waals surface area contributed by atoms with Gasteiger partial charge in [-0.3, -0.25) is 9.59 Å². The van der Waals surface area contributed by atoms with Gasteiger partial charge in [0.05, 0.1) is 55.8 Å². The molecule has 9 rings (SSSR count). The molecule has 5 atom stereocenters. The van der Waals surface area contributed by atoms with Gasteiger partial charge in [-0.1, -0.05) is 63.6 Å². The van der Waals surface area contributed by atoms with Crippen molar-refractivity contribution in [1.82, 2.24) is 45.4 Å². The first-order valence-corrected chi connectivity index (χ1v) is 22.8. The van der Waals surface area contributed by atoms with Crippen LogP contribution in [-0.4, -0.2) is 98.1 Å². The van der Waals surface area contributed by atoms with Crippen LogP contribution in [0.5, 0.6) is 5.75 Å². The molecule has 0 spiro atoms. The van der Waals surface area contributed by atoms with Crippen LogP contribution in [0.1, 0.15) is 94.3 Å². The molecule has 6 heterocycles. The van der Waals surface area contributed by atoms with Gasteiger partial charge >= 0.3 is 12.2 Å². The minimum Gasteiger partial charge on any atom is -0.480 e. The van der Waals surface area contributed by atoms with Gasteiger partial charge in [0.25, 0.3) is 0 Å². The Morgan fingerprint density at radius 2 is 1.26 bits per heavy atom. The topological polar surface area (TPSA) is 200 Å². The molecule has 2 saturated heterocycles. The van der Waals surface area contributed by atoms with Gasteiger partial charge in [-0.05, 0) is 79.5 Å². The maximum absolute atomic E-state index is 13.8. The largest absolute Gasteiger partial charge is 0.480 e. The second-order valence-corrected chi connectivity index (χ2v) is 18.3. The monoisotopic (exact) mass is 915 g/mol. The molecule has 0 saturated carbocycles. The van der Waals surface area contributed by atoms with E-state index in [9.17, 15) is 19.2 Å². The quantitative estimate of drug-likeness (QED) is 0.0843. The van der Waals surface area contributed by atoms with Gasteiger partial charge in [-0.25, -0.2) is 19.6 Å². The Balaban J connectivity index is 1.02. The van der Waals surface area contributed by atoms with Crippen molar-refractivity contribution < 1.29 is 33.4 Å². The minimum atomic E-state index is -0.729. The molecule has 2 fully saturated rings. The average molecular weight is 916 g/mol. The number of rotatable bonds is 11. The van der Waals surface area contributed by atoms with Crippen LogP contribution in [0, 0.1) is 11.8 Å². The zero-order chi connectivity index (χ0) is 46.4. The predicted molar refractivity (Wildman–Crippen MR) is 249 cm³/mol. The molecule has 3 aromatic heterocycles. The number of aromatic nitrogens is 5. The fourth-order valence-corrected chi connectivity index (χ4v) is 9.73. The van der Waals surface area contributed by atoms with Gasteiger partial charge in [0.15, 0.2) is 6.10 Å². The Kier molecular flexibility index (Phi) is 12.3. The molecule has 0 bridgehead atoms. The Morgan fingerprint density at radius 1 is 0.727 bits per heavy atom. The lowest BCUT2D eigenvalue weighted by Gasteiger charge is -2.30. The molecule has 0 aliphatic carbocycles. The number of carbonyl (C=O) groups excluding carboxylic acids is 4. The lowest BCUT2D eigenvalue weighted by atomic mass is 9.91. The van der Waals surface area contributed by atoms with Crippen LogP contribution < -0.4 is 15.4 Å². The summed E-state index contributed by atoms with van der Waals surface area (Å²) in [5.74, 6) is 1.43. The number of amides is 4. The van der Waals surface area contributed by atoms with Crippen molar-refractivity contribution >= 4 is 46.5 Å². The first-order chi connectivity index (χ1) is 31.8. The smallest absolute Gasteiger partial charge is 0.407 e. The van der Waals surface area contributed by atoms with E-state index in [-0.39, 0.29) is 35.7 Å². The van der Waals surface area contributed by atoms with Gasteiger partial charge in [0, 0.05) is 51.3 Å². The van der Waals surface area contributed by atoms with Crippen LogP contribution >= 0.6 is 11.6 Å². The lowest BCUT2D eigenvalue weighted by Crippen LogP contribution is -2.51. The number of nitrogens with one attached hydrogen (secondary N) is 5. The van der Waals surface area contributed by atoms with Crippen molar-refractivity contribution in [2.45, 2.75) is 83.6 Å². The summed E-state index contributed by atoms with van der Waals surface area (Å²) in [5, 5.41) is 7.03. The summed E-state index contributed by atoms with van der Waals surface area (Å²) in [6.07, 6.45) is 4.92. The molecule has 5 N–H and O–H groups in total. The highest BCUT2D eigenvalue weighted by atomic mass is 35.5. The van der Waals surface area contributed by atoms with Crippen molar-refractivity contribution in [3.8, 4) is 39.5 Å². The number of ether oxygens (including phenoxy) is 3. The molecule has 3 aliphatic rings. The number of alkyl carbamates (subject to hydrolysis) is 2. The predicted octanol–water partition coefficient (Wildman–Crippen LogP) is 8.84. The molecule has 5 unspecified atom stereocenters. The molecule has 66 heavy (non-hydrogen) atoms. The van der Waals surface area contributed by atoms with Crippen molar-refractivity contribution in [1.29, 1.82) is 0 Å². The highest BCUT2D eigenvalue weighted by molar-refractivity contribution is 6.30. The van der Waals surface area contributed by atoms with Crippen LogP contribution in [0.2, 0.25) is 5.02 Å². The summed E-state index contributed by atoms with van der Waals surface area (Å²) in [6, 6.07) is 18.0. The highest BCUT2D eigenvalue weighted by Gasteiger charge is 2.40. The number of nitrogens with zero attached hydrogens (tertiary/aromatic N) is 4. The summed E-state index contributed by atoms with van der Waals surface area (Å²) < 4.78 is 16.6. The summed E-state index contributed by atoms with van der Waals surface area (Å²) in [5.41, 5.74) is 8.05. The second kappa shape index (κ2) is 18.2. The number of fused-ring (bicyclic) bond motifs is 5. The van der Waals surface area contributed by atoms with Gasteiger partial charge in [-0.2, -0.15) is 0 Å². The van der Waals surface area contributed by atoms with Crippen molar-refractivity contribution in [3.63, 3.8) is 0 Å². The van der Waals surface area contributed by atoms with E-state index in [1.54, 1.807) is 22.2 Å². The summed E-state index contributed by atoms with van der Waals surface area (Å²) >= 11 is 6.39. The Bertz CT molecular complexity index is 2800. The summed E-state index contributed by atoms with van der Waals surface area (Å²) in [7, 11) is 2.57. The van der Waals surface area contributed by atoms with Crippen LogP contribution in [0.25, 0.3) is 44.7 Å². The first kappa shape index (κ1) is 44.4. The fourth-order valence-electron chi connectivity index (χ4n) is 9.61. The number of hydrogen-bond donors (Lipinski definition) is 5. The zero-order valence-corrected chi connectivity index (χ0v) is 38.5. The maximum atomic E-state index is 13.8. The molecule has 4 amide bonds. The van der Waals surface area contributed by atoms with Crippen LogP contribution in [0.3, 0.4) is 0 Å². The standard InChI is InChI=1S/C49H54ClN9O7/c1-25(2)40(56-48(62)64-5)46(60)58-19-7-9-36(58)44-51-23-34(54-44)28-14-18-33-32(21-28)39-42(53-33)31-17-13-29(22-38(31)66-43(39)27-11-15-30(50)16-12-27)35-24-52-45(55-35)37-10-8-20-59(37)47(61)41(26(3)4)57-49(63)65-6/h11-18,21-26,36-37,40-41,43,53H,7-10,19-20H2,1-6H3,(H,51,54)(H,52,55)(H,56,62)(H,57,63). The van der Waals surface area contributed by atoms with E-state index in [4.69, 9.17) is 35.8 Å². The third kappa shape index (κ3) is 8.33. The number of imidazole rings is 2. The summed E-state index contributed by atoms with van der Waals surface area (Å²) in [4.78, 5) is 75.7. The van der Waals surface area contributed by atoms with E-state index in [1.165, 1.54) is 14.2 Å². The number of aromatic amines is 3. The van der Waals surface area contributed by atoms with Gasteiger partial charge in [0.1, 0.15) is 29.5 Å². The third-order valence-electron chi connectivity index (χ3n) is 13.1. The third-order valence-corrected chi connectivity index (χ3v) is 13.3. The minimum absolute atomic E-state index is 0.139. The molecular formula is C49H54ClN9O7. The van der Waals surface area contributed by atoms with Crippen molar-refractivity contribution in [3.05, 3.63) is 101 Å². The summed E-state index contributed by atoms with van der Waals surface area (Å²) in [6.45, 7) is 8.70. The first-order valence-electron chi connectivity index (χ1n) is 22.5. The lowest BCUT2D eigenvalue weighted by molar-refractivity contribution is -0.136. The van der Waals surface area contributed by atoms with E-state index >= 15 is 0 Å². The zero-order valence-electron chi connectivity index (χ0n) is 37.7. The second-order valence-electron chi connectivity index (χ2n) is 17.9. The van der Waals surface area contributed by atoms with Crippen molar-refractivity contribution in [2.75, 3.05) is 27.3 Å². The van der Waals surface area contributed by atoms with Crippen LogP contribution in [-0.2, 0) is 19.1 Å². The highest BCUT2D eigenvalue weighted by Crippen LogP contribution is 2.49. The number of H-pyrrole nitrogens is 3. The molecule has 6 aromatic rings. The number of methoxy groups -OCH3 is 2. The van der Waals surface area contributed by atoms with Gasteiger partial charge < -0.3 is 49.6 Å². The number of hydrogen-bond acceptors (Lipinski definition) is 9.